The quantitative estimate of drug-likeness (QED) is 0.579. The summed E-state index contributed by atoms with van der Waals surface area (Å²) in [4.78, 5) is 28.6. The molecule has 1 amide bonds. The first-order chi connectivity index (χ1) is 8.00. The number of carboxylic acid groups (broad SMARTS) is 1. The minimum absolute atomic E-state index is 0.157. The Hall–Kier alpha value is -2.62. The van der Waals surface area contributed by atoms with Gasteiger partial charge < -0.3 is 16.2 Å². The highest BCUT2D eigenvalue weighted by Crippen LogP contribution is 2.04. The van der Waals surface area contributed by atoms with Gasteiger partial charge in [-0.15, -0.1) is 0 Å². The zero-order valence-corrected chi connectivity index (χ0v) is 9.02. The predicted octanol–water partition coefficient (Wildman–Crippen LogP) is -0.755. The number of carbonyl (C=O) groups excluding carboxylic acids is 1. The first kappa shape index (κ1) is 12.4. The van der Waals surface area contributed by atoms with Crippen molar-refractivity contribution in [2.45, 2.75) is 6.92 Å². The number of aromatic nitrogens is 2. The van der Waals surface area contributed by atoms with Gasteiger partial charge in [-0.2, -0.15) is 0 Å². The molecule has 0 saturated heterocycles. The summed E-state index contributed by atoms with van der Waals surface area (Å²) in [5.74, 6) is 3.54. The summed E-state index contributed by atoms with van der Waals surface area (Å²) < 4.78 is 0. The standard InChI is InChI=1S/C10H10N4O3/c1-6(15)12-4-2-3-7-5-13-9(11)8(14-7)10(16)17/h5H,4H2,1H3,(H2,11,13)(H,12,15)(H,16,17). The molecule has 88 valence electrons. The van der Waals surface area contributed by atoms with Crippen molar-refractivity contribution in [1.29, 1.82) is 0 Å². The molecule has 0 radical (unpaired) electrons. The minimum atomic E-state index is -1.26. The van der Waals surface area contributed by atoms with Gasteiger partial charge in [-0.1, -0.05) is 5.92 Å². The van der Waals surface area contributed by atoms with Crippen LogP contribution in [0.5, 0.6) is 0 Å². The van der Waals surface area contributed by atoms with E-state index in [1.54, 1.807) is 0 Å². The number of carbonyl (C=O) groups is 2. The van der Waals surface area contributed by atoms with Crippen LogP contribution in [0.3, 0.4) is 0 Å². The molecule has 0 unspecified atom stereocenters. The molecule has 0 aliphatic heterocycles. The number of hydrogen-bond acceptors (Lipinski definition) is 5. The topological polar surface area (TPSA) is 118 Å². The Morgan fingerprint density at radius 1 is 1.59 bits per heavy atom. The molecule has 7 heteroatoms. The first-order valence-corrected chi connectivity index (χ1v) is 4.60. The Kier molecular flexibility index (Phi) is 4.00. The van der Waals surface area contributed by atoms with Crippen LogP contribution in [0.15, 0.2) is 6.20 Å². The summed E-state index contributed by atoms with van der Waals surface area (Å²) in [6, 6.07) is 0. The first-order valence-electron chi connectivity index (χ1n) is 4.60. The Labute approximate surface area is 97.1 Å². The fraction of sp³-hybridized carbons (Fsp3) is 0.200. The number of carboxylic acids is 1. The van der Waals surface area contributed by atoms with Gasteiger partial charge in [0.05, 0.1) is 12.7 Å². The zero-order valence-electron chi connectivity index (χ0n) is 9.02. The summed E-state index contributed by atoms with van der Waals surface area (Å²) in [5.41, 5.74) is 5.17. The highest BCUT2D eigenvalue weighted by molar-refractivity contribution is 5.90. The molecular weight excluding hydrogens is 224 g/mol. The van der Waals surface area contributed by atoms with E-state index in [1.807, 2.05) is 0 Å². The molecule has 0 aliphatic carbocycles. The second-order valence-corrected chi connectivity index (χ2v) is 3.01. The average Bonchev–Trinajstić information content (AvgIpc) is 2.25. The fourth-order valence-corrected chi connectivity index (χ4v) is 0.919. The summed E-state index contributed by atoms with van der Waals surface area (Å²) in [7, 11) is 0. The molecule has 0 atom stereocenters. The lowest BCUT2D eigenvalue weighted by Crippen LogP contribution is -2.19. The van der Waals surface area contributed by atoms with E-state index in [9.17, 15) is 9.59 Å². The van der Waals surface area contributed by atoms with Crippen molar-refractivity contribution in [3.05, 3.63) is 17.6 Å². The Bertz CT molecular complexity index is 516. The van der Waals surface area contributed by atoms with E-state index in [0.717, 1.165) is 0 Å². The molecule has 0 spiro atoms. The lowest BCUT2D eigenvalue weighted by atomic mass is 10.3. The van der Waals surface area contributed by atoms with Crippen LogP contribution in [0.4, 0.5) is 5.82 Å². The van der Waals surface area contributed by atoms with Crippen molar-refractivity contribution in [1.82, 2.24) is 15.3 Å². The van der Waals surface area contributed by atoms with Crippen LogP contribution in [-0.2, 0) is 4.79 Å². The molecule has 1 aromatic rings. The number of nitrogen functional groups attached to an aromatic ring is 1. The van der Waals surface area contributed by atoms with Gasteiger partial charge in [0, 0.05) is 6.92 Å². The number of rotatable bonds is 2. The van der Waals surface area contributed by atoms with Gasteiger partial charge in [0.2, 0.25) is 5.91 Å². The van der Waals surface area contributed by atoms with Gasteiger partial charge in [0.1, 0.15) is 5.69 Å². The third-order valence-electron chi connectivity index (χ3n) is 1.65. The predicted molar refractivity (Wildman–Crippen MR) is 59.0 cm³/mol. The number of amides is 1. The third-order valence-corrected chi connectivity index (χ3v) is 1.65. The van der Waals surface area contributed by atoms with E-state index in [2.05, 4.69) is 27.1 Å². The second-order valence-electron chi connectivity index (χ2n) is 3.01. The SMILES string of the molecule is CC(=O)NCC#Cc1cnc(N)c(C(=O)O)n1. The molecule has 4 N–H and O–H groups in total. The summed E-state index contributed by atoms with van der Waals surface area (Å²) in [6.45, 7) is 1.52. The van der Waals surface area contributed by atoms with Gasteiger partial charge in [-0.25, -0.2) is 14.8 Å². The van der Waals surface area contributed by atoms with Crippen LogP contribution in [0.1, 0.15) is 23.1 Å². The van der Waals surface area contributed by atoms with Gasteiger partial charge in [-0.3, -0.25) is 4.79 Å². The number of nitrogens with one attached hydrogen (secondary N) is 1. The molecule has 0 bridgehead atoms. The van der Waals surface area contributed by atoms with Crippen molar-refractivity contribution in [3.63, 3.8) is 0 Å². The van der Waals surface area contributed by atoms with Crippen LogP contribution in [0.25, 0.3) is 0 Å². The van der Waals surface area contributed by atoms with E-state index in [1.165, 1.54) is 13.1 Å². The second kappa shape index (κ2) is 5.46. The highest BCUT2D eigenvalue weighted by atomic mass is 16.4. The van der Waals surface area contributed by atoms with E-state index >= 15 is 0 Å². The summed E-state index contributed by atoms with van der Waals surface area (Å²) in [5, 5.41) is 11.2. The molecule has 17 heavy (non-hydrogen) atoms. The van der Waals surface area contributed by atoms with Crippen LogP contribution < -0.4 is 11.1 Å². The van der Waals surface area contributed by atoms with Gasteiger partial charge in [0.25, 0.3) is 0 Å². The number of nitrogens with two attached hydrogens (primary N) is 1. The van der Waals surface area contributed by atoms with E-state index < -0.39 is 5.97 Å². The molecule has 0 aromatic carbocycles. The van der Waals surface area contributed by atoms with Gasteiger partial charge in [-0.05, 0) is 5.92 Å². The number of hydrogen-bond donors (Lipinski definition) is 3. The highest BCUT2D eigenvalue weighted by Gasteiger charge is 2.10. The van der Waals surface area contributed by atoms with Gasteiger partial charge >= 0.3 is 5.97 Å². The number of nitrogens with zero attached hydrogens (tertiary/aromatic N) is 2. The van der Waals surface area contributed by atoms with Crippen molar-refractivity contribution in [2.75, 3.05) is 12.3 Å². The van der Waals surface area contributed by atoms with Crippen LogP contribution in [0, 0.1) is 11.8 Å². The van der Waals surface area contributed by atoms with E-state index in [-0.39, 0.29) is 29.7 Å². The van der Waals surface area contributed by atoms with Crippen molar-refractivity contribution in [2.24, 2.45) is 0 Å². The van der Waals surface area contributed by atoms with E-state index in [4.69, 9.17) is 10.8 Å². The fourth-order valence-electron chi connectivity index (χ4n) is 0.919. The van der Waals surface area contributed by atoms with Crippen molar-refractivity contribution < 1.29 is 14.7 Å². The number of anilines is 1. The monoisotopic (exact) mass is 234 g/mol. The van der Waals surface area contributed by atoms with Crippen LogP contribution in [0.2, 0.25) is 0 Å². The lowest BCUT2D eigenvalue weighted by molar-refractivity contribution is -0.118. The molecule has 0 fully saturated rings. The van der Waals surface area contributed by atoms with E-state index in [0.29, 0.717) is 0 Å². The largest absolute Gasteiger partial charge is 0.476 e. The van der Waals surface area contributed by atoms with Crippen molar-refractivity contribution >= 4 is 17.7 Å². The summed E-state index contributed by atoms with van der Waals surface area (Å²) >= 11 is 0. The molecule has 7 nitrogen and oxygen atoms in total. The lowest BCUT2D eigenvalue weighted by Gasteiger charge is -1.98. The summed E-state index contributed by atoms with van der Waals surface area (Å²) in [6.07, 6.45) is 1.27. The maximum absolute atomic E-state index is 10.7. The zero-order chi connectivity index (χ0) is 12.8. The third kappa shape index (κ3) is 3.79. The van der Waals surface area contributed by atoms with Crippen LogP contribution in [-0.4, -0.2) is 33.5 Å². The minimum Gasteiger partial charge on any atom is -0.476 e. The molecule has 1 aromatic heterocycles. The van der Waals surface area contributed by atoms with Crippen LogP contribution >= 0.6 is 0 Å². The normalized spacial score (nSPS) is 9.00. The Morgan fingerprint density at radius 3 is 2.88 bits per heavy atom. The average molecular weight is 234 g/mol. The molecule has 0 saturated carbocycles. The Morgan fingerprint density at radius 2 is 2.29 bits per heavy atom. The van der Waals surface area contributed by atoms with Crippen molar-refractivity contribution in [3.8, 4) is 11.8 Å². The smallest absolute Gasteiger partial charge is 0.358 e. The molecule has 1 heterocycles. The molecular formula is C10H10N4O3. The Balaban J connectivity index is 2.82. The maximum atomic E-state index is 10.7. The molecule has 1 rings (SSSR count). The molecule has 0 aliphatic rings. The number of aromatic carboxylic acids is 1. The van der Waals surface area contributed by atoms with Gasteiger partial charge in [0.15, 0.2) is 11.5 Å². The maximum Gasteiger partial charge on any atom is 0.358 e.